The number of hydrogen-bond donors (Lipinski definition) is 2. The normalized spacial score (nSPS) is 16.4. The van der Waals surface area contributed by atoms with Crippen LogP contribution in [-0.2, 0) is 16.6 Å². The van der Waals surface area contributed by atoms with Gasteiger partial charge >= 0.3 is 0 Å². The molecule has 1 aliphatic rings. The summed E-state index contributed by atoms with van der Waals surface area (Å²) < 4.78 is 27.1. The van der Waals surface area contributed by atoms with Crippen molar-refractivity contribution in [2.24, 2.45) is 10.9 Å². The molecule has 1 heterocycles. The number of rotatable bonds is 7. The molecule has 3 rings (SSSR count). The van der Waals surface area contributed by atoms with Gasteiger partial charge in [0.2, 0.25) is 10.0 Å². The van der Waals surface area contributed by atoms with Crippen molar-refractivity contribution >= 4 is 16.0 Å². The standard InChI is InChI=1S/C23H32N4O2S/c1-3-24-23(26-18-21-9-7-8-19(2)16-21)25-17-20-12-14-27(15-13-20)30(28,29)22-10-5-4-6-11-22/h4-11,16,20H,3,12-15,17-18H2,1-2H3,(H2,24,25,26). The summed E-state index contributed by atoms with van der Waals surface area (Å²) in [5.74, 6) is 1.23. The van der Waals surface area contributed by atoms with Crippen molar-refractivity contribution in [3.63, 3.8) is 0 Å². The second-order valence-electron chi connectivity index (χ2n) is 7.73. The molecule has 2 N–H and O–H groups in total. The molecule has 162 valence electrons. The van der Waals surface area contributed by atoms with Crippen molar-refractivity contribution in [3.05, 3.63) is 65.7 Å². The molecule has 0 bridgehead atoms. The third-order valence-electron chi connectivity index (χ3n) is 5.36. The lowest BCUT2D eigenvalue weighted by molar-refractivity contribution is 0.273. The van der Waals surface area contributed by atoms with E-state index < -0.39 is 10.0 Å². The quantitative estimate of drug-likeness (QED) is 0.525. The van der Waals surface area contributed by atoms with Gasteiger partial charge in [0.05, 0.1) is 11.4 Å². The van der Waals surface area contributed by atoms with E-state index >= 15 is 0 Å². The first kappa shape index (κ1) is 22.3. The number of aryl methyl sites for hydroxylation is 1. The maximum Gasteiger partial charge on any atom is 0.243 e. The number of aliphatic imine (C=N–C) groups is 1. The topological polar surface area (TPSA) is 73.8 Å². The Kier molecular flexibility index (Phi) is 7.87. The molecule has 0 unspecified atom stereocenters. The van der Waals surface area contributed by atoms with E-state index in [1.807, 2.05) is 6.07 Å². The molecule has 6 nitrogen and oxygen atoms in total. The summed E-state index contributed by atoms with van der Waals surface area (Å²) in [6.07, 6.45) is 1.69. The Bertz CT molecular complexity index is 937. The van der Waals surface area contributed by atoms with E-state index in [9.17, 15) is 8.42 Å². The molecule has 0 amide bonds. The summed E-state index contributed by atoms with van der Waals surface area (Å²) in [5, 5.41) is 6.73. The average molecular weight is 429 g/mol. The lowest BCUT2D eigenvalue weighted by Crippen LogP contribution is -2.44. The summed E-state index contributed by atoms with van der Waals surface area (Å²) in [5.41, 5.74) is 2.42. The smallest absolute Gasteiger partial charge is 0.243 e. The second-order valence-corrected chi connectivity index (χ2v) is 9.66. The molecule has 30 heavy (non-hydrogen) atoms. The predicted molar refractivity (Wildman–Crippen MR) is 122 cm³/mol. The largest absolute Gasteiger partial charge is 0.357 e. The summed E-state index contributed by atoms with van der Waals surface area (Å²) >= 11 is 0. The van der Waals surface area contributed by atoms with Gasteiger partial charge in [0.25, 0.3) is 0 Å². The maximum absolute atomic E-state index is 12.8. The van der Waals surface area contributed by atoms with Crippen molar-refractivity contribution < 1.29 is 8.42 Å². The highest BCUT2D eigenvalue weighted by Gasteiger charge is 2.29. The molecule has 1 saturated heterocycles. The fourth-order valence-electron chi connectivity index (χ4n) is 3.66. The lowest BCUT2D eigenvalue weighted by atomic mass is 9.98. The maximum atomic E-state index is 12.8. The molecule has 2 aromatic rings. The monoisotopic (exact) mass is 428 g/mol. The summed E-state index contributed by atoms with van der Waals surface area (Å²) in [4.78, 5) is 5.07. The molecule has 0 aliphatic carbocycles. The average Bonchev–Trinajstić information content (AvgIpc) is 2.76. The Morgan fingerprint density at radius 2 is 1.80 bits per heavy atom. The molecule has 0 spiro atoms. The van der Waals surface area contributed by atoms with Gasteiger partial charge in [0.1, 0.15) is 0 Å². The zero-order valence-electron chi connectivity index (χ0n) is 17.8. The second kappa shape index (κ2) is 10.6. The van der Waals surface area contributed by atoms with E-state index in [-0.39, 0.29) is 0 Å². The Balaban J connectivity index is 1.51. The molecular formula is C23H32N4O2S. The molecular weight excluding hydrogens is 396 g/mol. The van der Waals surface area contributed by atoms with Crippen molar-refractivity contribution in [1.82, 2.24) is 14.9 Å². The lowest BCUT2D eigenvalue weighted by Gasteiger charge is -2.31. The third-order valence-corrected chi connectivity index (χ3v) is 7.27. The Morgan fingerprint density at radius 3 is 2.47 bits per heavy atom. The summed E-state index contributed by atoms with van der Waals surface area (Å²) in [6.45, 7) is 7.47. The first-order valence-corrected chi connectivity index (χ1v) is 12.1. The van der Waals surface area contributed by atoms with Crippen molar-refractivity contribution in [1.29, 1.82) is 0 Å². The van der Waals surface area contributed by atoms with E-state index in [0.717, 1.165) is 31.9 Å². The van der Waals surface area contributed by atoms with Crippen LogP contribution in [0.5, 0.6) is 0 Å². The number of nitrogens with one attached hydrogen (secondary N) is 2. The van der Waals surface area contributed by atoms with Crippen LogP contribution in [0.3, 0.4) is 0 Å². The summed E-state index contributed by atoms with van der Waals surface area (Å²) in [7, 11) is -3.39. The number of guanidine groups is 1. The van der Waals surface area contributed by atoms with Gasteiger partial charge in [-0.15, -0.1) is 0 Å². The van der Waals surface area contributed by atoms with Crippen LogP contribution in [0.2, 0.25) is 0 Å². The molecule has 0 aromatic heterocycles. The Morgan fingerprint density at radius 1 is 1.07 bits per heavy atom. The molecule has 1 fully saturated rings. The van der Waals surface area contributed by atoms with Gasteiger partial charge < -0.3 is 10.6 Å². The van der Waals surface area contributed by atoms with Crippen LogP contribution in [0, 0.1) is 12.8 Å². The van der Waals surface area contributed by atoms with Crippen molar-refractivity contribution in [3.8, 4) is 0 Å². The van der Waals surface area contributed by atoms with E-state index in [1.54, 1.807) is 28.6 Å². The highest BCUT2D eigenvalue weighted by atomic mass is 32.2. The fraction of sp³-hybridized carbons (Fsp3) is 0.435. The van der Waals surface area contributed by atoms with Crippen LogP contribution < -0.4 is 10.6 Å². The number of hydrogen-bond acceptors (Lipinski definition) is 3. The van der Waals surface area contributed by atoms with E-state index in [1.165, 1.54) is 11.1 Å². The van der Waals surface area contributed by atoms with Gasteiger partial charge in [-0.3, -0.25) is 0 Å². The van der Waals surface area contributed by atoms with Crippen molar-refractivity contribution in [2.75, 3.05) is 26.2 Å². The molecule has 0 saturated carbocycles. The zero-order chi connectivity index (χ0) is 21.4. The van der Waals surface area contributed by atoms with Gasteiger partial charge in [-0.25, -0.2) is 13.4 Å². The first-order valence-electron chi connectivity index (χ1n) is 10.6. The highest BCUT2D eigenvalue weighted by molar-refractivity contribution is 7.89. The minimum atomic E-state index is -3.39. The highest BCUT2D eigenvalue weighted by Crippen LogP contribution is 2.23. The molecule has 0 radical (unpaired) electrons. The Labute approximate surface area is 180 Å². The minimum absolute atomic E-state index is 0.374. The Hall–Kier alpha value is -2.38. The van der Waals surface area contributed by atoms with Crippen LogP contribution in [0.4, 0.5) is 0 Å². The van der Waals surface area contributed by atoms with E-state index in [4.69, 9.17) is 4.99 Å². The van der Waals surface area contributed by atoms with Gasteiger partial charge in [-0.05, 0) is 50.3 Å². The number of piperidine rings is 1. The van der Waals surface area contributed by atoms with Crippen LogP contribution in [-0.4, -0.2) is 44.9 Å². The molecule has 1 aliphatic heterocycles. The summed E-state index contributed by atoms with van der Waals surface area (Å²) in [6, 6.07) is 17.1. The van der Waals surface area contributed by atoms with Gasteiger partial charge in [0.15, 0.2) is 5.96 Å². The van der Waals surface area contributed by atoms with Crippen LogP contribution in [0.1, 0.15) is 30.9 Å². The number of nitrogens with zero attached hydrogens (tertiary/aromatic N) is 2. The first-order chi connectivity index (χ1) is 14.5. The van der Waals surface area contributed by atoms with Gasteiger partial charge in [0, 0.05) is 26.2 Å². The predicted octanol–water partition coefficient (Wildman–Crippen LogP) is 3.15. The molecule has 0 atom stereocenters. The SMILES string of the molecule is CCNC(=NCc1cccc(C)c1)NCC1CCN(S(=O)(=O)c2ccccc2)CC1. The van der Waals surface area contributed by atoms with Crippen molar-refractivity contribution in [2.45, 2.75) is 38.1 Å². The fourth-order valence-corrected chi connectivity index (χ4v) is 5.15. The third kappa shape index (κ3) is 6.06. The van der Waals surface area contributed by atoms with Crippen LogP contribution in [0.15, 0.2) is 64.5 Å². The minimum Gasteiger partial charge on any atom is -0.357 e. The van der Waals surface area contributed by atoms with Gasteiger partial charge in [-0.1, -0.05) is 48.0 Å². The molecule has 7 heteroatoms. The molecule has 2 aromatic carbocycles. The van der Waals surface area contributed by atoms with Crippen LogP contribution in [0.25, 0.3) is 0 Å². The zero-order valence-corrected chi connectivity index (χ0v) is 18.7. The van der Waals surface area contributed by atoms with E-state index in [2.05, 4.69) is 48.7 Å². The number of benzene rings is 2. The number of sulfonamides is 1. The van der Waals surface area contributed by atoms with Crippen LogP contribution >= 0.6 is 0 Å². The van der Waals surface area contributed by atoms with E-state index in [0.29, 0.717) is 30.4 Å². The van der Waals surface area contributed by atoms with Gasteiger partial charge in [-0.2, -0.15) is 4.31 Å².